The van der Waals surface area contributed by atoms with Gasteiger partial charge in [-0.15, -0.1) is 0 Å². The SMILES string of the molecule is CO[C@@H]1C[C@@H]2C(Br)=[C]([Sn]([CH3])([CH3])[CH3])[C@@]1(C)C2(C)C. The molecule has 0 amide bonds. The Balaban J connectivity index is 2.62. The van der Waals surface area contributed by atoms with Crippen molar-refractivity contribution in [3.05, 3.63) is 8.07 Å². The molecule has 2 rings (SSSR count). The van der Waals surface area contributed by atoms with Gasteiger partial charge in [0.05, 0.1) is 0 Å². The molecule has 1 fully saturated rings. The summed E-state index contributed by atoms with van der Waals surface area (Å²) in [6.45, 7) is 7.32. The van der Waals surface area contributed by atoms with Crippen LogP contribution in [0.2, 0.25) is 14.8 Å². The molecule has 2 bridgehead atoms. The molecule has 0 aromatic rings. The molecular weight excluding hydrogens is 383 g/mol. The summed E-state index contributed by atoms with van der Waals surface area (Å²) in [4.78, 5) is 7.58. The summed E-state index contributed by atoms with van der Waals surface area (Å²) in [5, 5.41) is 0. The molecule has 0 aromatic carbocycles. The van der Waals surface area contributed by atoms with Gasteiger partial charge < -0.3 is 0 Å². The van der Waals surface area contributed by atoms with Crippen molar-refractivity contribution >= 4 is 34.3 Å². The van der Waals surface area contributed by atoms with Gasteiger partial charge in [-0.2, -0.15) is 0 Å². The monoisotopic (exact) mass is 408 g/mol. The van der Waals surface area contributed by atoms with E-state index in [-0.39, 0.29) is 5.41 Å². The Kier molecular flexibility index (Phi) is 3.37. The minimum absolute atomic E-state index is 0.250. The van der Waals surface area contributed by atoms with E-state index in [9.17, 15) is 0 Å². The molecule has 3 atom stereocenters. The third-order valence-corrected chi connectivity index (χ3v) is 13.9. The molecule has 0 heterocycles. The van der Waals surface area contributed by atoms with Gasteiger partial charge in [-0.25, -0.2) is 0 Å². The minimum atomic E-state index is -2.08. The fourth-order valence-corrected chi connectivity index (χ4v) is 17.8. The first kappa shape index (κ1) is 14.4. The molecule has 2 aliphatic rings. The van der Waals surface area contributed by atoms with Crippen LogP contribution in [-0.4, -0.2) is 31.6 Å². The zero-order valence-electron chi connectivity index (χ0n) is 12.1. The Morgan fingerprint density at radius 1 is 1.24 bits per heavy atom. The Morgan fingerprint density at radius 2 is 1.76 bits per heavy atom. The molecule has 0 aliphatic heterocycles. The van der Waals surface area contributed by atoms with Gasteiger partial charge in [-0.3, -0.25) is 0 Å². The molecule has 0 aromatic heterocycles. The van der Waals surface area contributed by atoms with E-state index in [1.54, 1.807) is 8.07 Å². The average molecular weight is 408 g/mol. The molecule has 17 heavy (non-hydrogen) atoms. The summed E-state index contributed by atoms with van der Waals surface area (Å²) in [7, 11) is 1.89. The first-order valence-corrected chi connectivity index (χ1v) is 17.3. The van der Waals surface area contributed by atoms with E-state index in [2.05, 4.69) is 51.5 Å². The van der Waals surface area contributed by atoms with Crippen LogP contribution in [0.5, 0.6) is 0 Å². The summed E-state index contributed by atoms with van der Waals surface area (Å²) in [6.07, 6.45) is 1.60. The van der Waals surface area contributed by atoms with Crippen molar-refractivity contribution in [2.45, 2.75) is 48.1 Å². The summed E-state index contributed by atoms with van der Waals surface area (Å²) in [5.41, 5.74) is 0.589. The van der Waals surface area contributed by atoms with Gasteiger partial charge in [0, 0.05) is 0 Å². The Bertz CT molecular complexity index is 380. The van der Waals surface area contributed by atoms with Crippen LogP contribution in [-0.2, 0) is 4.74 Å². The molecule has 3 heteroatoms. The van der Waals surface area contributed by atoms with Crippen molar-refractivity contribution in [3.8, 4) is 0 Å². The number of halogens is 1. The van der Waals surface area contributed by atoms with Crippen LogP contribution in [0, 0.1) is 16.7 Å². The molecule has 0 spiro atoms. The molecular formula is C14H25BrOSn. The second-order valence-electron chi connectivity index (χ2n) is 7.41. The summed E-state index contributed by atoms with van der Waals surface area (Å²) >= 11 is 1.86. The maximum atomic E-state index is 5.84. The molecule has 1 saturated carbocycles. The van der Waals surface area contributed by atoms with Crippen molar-refractivity contribution in [2.75, 3.05) is 7.11 Å². The summed E-state index contributed by atoms with van der Waals surface area (Å²) in [6, 6.07) is 0. The number of allylic oxidation sites excluding steroid dienone is 1. The number of methoxy groups -OCH3 is 1. The first-order valence-electron chi connectivity index (χ1n) is 6.52. The quantitative estimate of drug-likeness (QED) is 0.608. The van der Waals surface area contributed by atoms with Gasteiger partial charge >= 0.3 is 119 Å². The second-order valence-corrected chi connectivity index (χ2v) is 22.5. The summed E-state index contributed by atoms with van der Waals surface area (Å²) in [5.74, 6) is 0.670. The molecule has 0 radical (unpaired) electrons. The van der Waals surface area contributed by atoms with Gasteiger partial charge in [-0.05, 0) is 0 Å². The second kappa shape index (κ2) is 3.99. The molecule has 0 N–H and O–H groups in total. The third-order valence-electron chi connectivity index (χ3n) is 5.40. The topological polar surface area (TPSA) is 9.23 Å². The zero-order valence-corrected chi connectivity index (χ0v) is 16.6. The predicted octanol–water partition coefficient (Wildman–Crippen LogP) is 4.59. The molecule has 2 aliphatic carbocycles. The van der Waals surface area contributed by atoms with Crippen LogP contribution < -0.4 is 0 Å². The van der Waals surface area contributed by atoms with Crippen LogP contribution >= 0.6 is 15.9 Å². The van der Waals surface area contributed by atoms with E-state index < -0.39 is 18.4 Å². The predicted molar refractivity (Wildman–Crippen MR) is 80.1 cm³/mol. The van der Waals surface area contributed by atoms with Crippen molar-refractivity contribution in [3.63, 3.8) is 0 Å². The van der Waals surface area contributed by atoms with Crippen molar-refractivity contribution in [2.24, 2.45) is 16.7 Å². The van der Waals surface area contributed by atoms with E-state index in [4.69, 9.17) is 4.74 Å². The zero-order chi connectivity index (χ0) is 13.2. The van der Waals surface area contributed by atoms with Crippen LogP contribution in [0.1, 0.15) is 27.2 Å². The van der Waals surface area contributed by atoms with E-state index in [0.717, 1.165) is 0 Å². The van der Waals surface area contributed by atoms with Gasteiger partial charge in [0.2, 0.25) is 0 Å². The van der Waals surface area contributed by atoms with E-state index in [0.29, 0.717) is 17.4 Å². The van der Waals surface area contributed by atoms with Crippen LogP contribution in [0.25, 0.3) is 0 Å². The maximum absolute atomic E-state index is 5.84. The third kappa shape index (κ3) is 1.65. The van der Waals surface area contributed by atoms with Gasteiger partial charge in [-0.1, -0.05) is 0 Å². The normalized spacial score (nSPS) is 40.2. The summed E-state index contributed by atoms with van der Waals surface area (Å²) < 4.78 is 9.16. The van der Waals surface area contributed by atoms with Crippen molar-refractivity contribution in [1.29, 1.82) is 0 Å². The number of hydrogen-bond donors (Lipinski definition) is 0. The van der Waals surface area contributed by atoms with Crippen LogP contribution in [0.15, 0.2) is 8.07 Å². The fourth-order valence-electron chi connectivity index (χ4n) is 4.32. The fraction of sp³-hybridized carbons (Fsp3) is 0.857. The Labute approximate surface area is 118 Å². The van der Waals surface area contributed by atoms with Crippen LogP contribution in [0.4, 0.5) is 0 Å². The number of ether oxygens (including phenoxy) is 1. The Hall–Kier alpha value is 0.979. The number of fused-ring (bicyclic) bond motifs is 2. The van der Waals surface area contributed by atoms with Crippen LogP contribution in [0.3, 0.4) is 0 Å². The van der Waals surface area contributed by atoms with Gasteiger partial charge in [0.25, 0.3) is 0 Å². The average Bonchev–Trinajstić information content (AvgIpc) is 2.41. The van der Waals surface area contributed by atoms with Crippen molar-refractivity contribution in [1.82, 2.24) is 0 Å². The van der Waals surface area contributed by atoms with E-state index in [1.165, 1.54) is 6.42 Å². The van der Waals surface area contributed by atoms with E-state index >= 15 is 0 Å². The molecule has 0 unspecified atom stereocenters. The van der Waals surface area contributed by atoms with Gasteiger partial charge in [0.1, 0.15) is 0 Å². The van der Waals surface area contributed by atoms with Gasteiger partial charge in [0.15, 0.2) is 0 Å². The van der Waals surface area contributed by atoms with E-state index in [1.807, 2.05) is 7.11 Å². The Morgan fingerprint density at radius 3 is 2.12 bits per heavy atom. The molecule has 0 saturated heterocycles. The number of rotatable bonds is 2. The standard InChI is InChI=1S/C11H16BrO.3CH3.Sn/c1-10(2)7-5-9(13-4)11(10,3)6-8(7)12;;;;/h7,9H,5H2,1-4H3;3*1H3;/t7-,9-,11-;;;;/m1..../s1. The van der Waals surface area contributed by atoms with Crippen molar-refractivity contribution < 1.29 is 4.74 Å². The molecule has 1 nitrogen and oxygen atoms in total. The molecule has 98 valence electrons. The number of hydrogen-bond acceptors (Lipinski definition) is 1. The first-order chi connectivity index (χ1) is 7.58.